The second-order valence-corrected chi connectivity index (χ2v) is 5.54. The van der Waals surface area contributed by atoms with Crippen molar-refractivity contribution in [3.8, 4) is 11.5 Å². The Bertz CT molecular complexity index is 693. The number of ether oxygens (including phenoxy) is 1. The largest absolute Gasteiger partial charge is 0.506 e. The lowest BCUT2D eigenvalue weighted by Crippen LogP contribution is -2.24. The molecule has 0 saturated heterocycles. The standard InChI is InChI=1S/C15H12BrClN2O3/c16-11-6-10(15(21)13(17)7-11)8-18-19-14(20)9-22-12-4-2-1-3-5-12/h1-8,21H,9H2,(H,19,20)/b18-8-. The SMILES string of the molecule is O=C(COc1ccccc1)N/N=C\c1cc(Br)cc(Cl)c1O. The quantitative estimate of drug-likeness (QED) is 0.614. The van der Waals surface area contributed by atoms with Gasteiger partial charge in [-0.25, -0.2) is 5.43 Å². The summed E-state index contributed by atoms with van der Waals surface area (Å²) < 4.78 is 5.96. The van der Waals surface area contributed by atoms with Crippen molar-refractivity contribution < 1.29 is 14.6 Å². The predicted molar refractivity (Wildman–Crippen MR) is 88.5 cm³/mol. The van der Waals surface area contributed by atoms with Gasteiger partial charge in [0.15, 0.2) is 6.61 Å². The van der Waals surface area contributed by atoms with Gasteiger partial charge in [0.05, 0.1) is 11.2 Å². The molecule has 2 aromatic carbocycles. The van der Waals surface area contributed by atoms with Gasteiger partial charge in [-0.05, 0) is 24.3 Å². The van der Waals surface area contributed by atoms with E-state index >= 15 is 0 Å². The Morgan fingerprint density at radius 3 is 2.82 bits per heavy atom. The zero-order valence-corrected chi connectivity index (χ0v) is 13.6. The van der Waals surface area contributed by atoms with Gasteiger partial charge in [0.25, 0.3) is 5.91 Å². The zero-order chi connectivity index (χ0) is 15.9. The highest BCUT2D eigenvalue weighted by molar-refractivity contribution is 9.10. The van der Waals surface area contributed by atoms with E-state index in [9.17, 15) is 9.90 Å². The second kappa shape index (κ2) is 7.82. The highest BCUT2D eigenvalue weighted by atomic mass is 79.9. The Morgan fingerprint density at radius 1 is 1.36 bits per heavy atom. The van der Waals surface area contributed by atoms with E-state index in [4.69, 9.17) is 16.3 Å². The maximum absolute atomic E-state index is 11.6. The maximum Gasteiger partial charge on any atom is 0.277 e. The molecule has 5 nitrogen and oxygen atoms in total. The molecule has 0 fully saturated rings. The number of benzene rings is 2. The lowest BCUT2D eigenvalue weighted by Gasteiger charge is -2.05. The van der Waals surface area contributed by atoms with E-state index in [0.29, 0.717) is 15.8 Å². The summed E-state index contributed by atoms with van der Waals surface area (Å²) in [5, 5.41) is 13.7. The molecule has 0 aliphatic rings. The molecule has 0 spiro atoms. The van der Waals surface area contributed by atoms with Crippen LogP contribution in [-0.4, -0.2) is 23.8 Å². The summed E-state index contributed by atoms with van der Waals surface area (Å²) in [5.74, 6) is 0.0714. The van der Waals surface area contributed by atoms with E-state index in [0.717, 1.165) is 0 Å². The van der Waals surface area contributed by atoms with Crippen molar-refractivity contribution in [1.29, 1.82) is 0 Å². The van der Waals surface area contributed by atoms with E-state index in [-0.39, 0.29) is 17.4 Å². The van der Waals surface area contributed by atoms with Gasteiger partial charge in [0, 0.05) is 10.0 Å². The number of phenolic OH excluding ortho intramolecular Hbond substituents is 1. The van der Waals surface area contributed by atoms with Crippen LogP contribution >= 0.6 is 27.5 Å². The first-order chi connectivity index (χ1) is 10.6. The smallest absolute Gasteiger partial charge is 0.277 e. The average Bonchev–Trinajstić information content (AvgIpc) is 2.51. The Morgan fingerprint density at radius 2 is 2.09 bits per heavy atom. The number of carbonyl (C=O) groups is 1. The van der Waals surface area contributed by atoms with Crippen LogP contribution in [0, 0.1) is 0 Å². The molecule has 2 N–H and O–H groups in total. The number of hydrogen-bond donors (Lipinski definition) is 2. The third-order valence-electron chi connectivity index (χ3n) is 2.56. The Balaban J connectivity index is 1.88. The van der Waals surface area contributed by atoms with Gasteiger partial charge in [-0.3, -0.25) is 4.79 Å². The van der Waals surface area contributed by atoms with Crippen molar-refractivity contribution >= 4 is 39.7 Å². The van der Waals surface area contributed by atoms with Crippen LogP contribution in [0.2, 0.25) is 5.02 Å². The fourth-order valence-corrected chi connectivity index (χ4v) is 2.39. The van der Waals surface area contributed by atoms with Crippen molar-refractivity contribution in [1.82, 2.24) is 5.43 Å². The molecule has 0 heterocycles. The number of hydrazone groups is 1. The van der Waals surface area contributed by atoms with Gasteiger partial charge >= 0.3 is 0 Å². The molecule has 0 unspecified atom stereocenters. The Hall–Kier alpha value is -2.05. The van der Waals surface area contributed by atoms with Gasteiger partial charge in [-0.2, -0.15) is 5.10 Å². The van der Waals surface area contributed by atoms with Gasteiger partial charge in [-0.15, -0.1) is 0 Å². The van der Waals surface area contributed by atoms with Crippen molar-refractivity contribution in [2.24, 2.45) is 5.10 Å². The fraction of sp³-hybridized carbons (Fsp3) is 0.0667. The predicted octanol–water partition coefficient (Wildman–Crippen LogP) is 3.34. The Labute approximate surface area is 140 Å². The van der Waals surface area contributed by atoms with E-state index in [2.05, 4.69) is 26.5 Å². The lowest BCUT2D eigenvalue weighted by atomic mass is 10.2. The molecule has 2 aromatic rings. The fourth-order valence-electron chi connectivity index (χ4n) is 1.56. The molecule has 7 heteroatoms. The van der Waals surface area contributed by atoms with Crippen LogP contribution in [0.25, 0.3) is 0 Å². The summed E-state index contributed by atoms with van der Waals surface area (Å²) in [6.45, 7) is -0.160. The zero-order valence-electron chi connectivity index (χ0n) is 11.3. The highest BCUT2D eigenvalue weighted by Crippen LogP contribution is 2.30. The molecule has 0 aliphatic heterocycles. The first kappa shape index (κ1) is 16.3. The van der Waals surface area contributed by atoms with Gasteiger partial charge in [0.2, 0.25) is 0 Å². The molecule has 1 amide bonds. The summed E-state index contributed by atoms with van der Waals surface area (Å²) in [7, 11) is 0. The molecule has 114 valence electrons. The number of carbonyl (C=O) groups excluding carboxylic acids is 1. The second-order valence-electron chi connectivity index (χ2n) is 4.22. The molecule has 2 rings (SSSR count). The summed E-state index contributed by atoms with van der Waals surface area (Å²) in [6, 6.07) is 12.1. The molecule has 0 bridgehead atoms. The monoisotopic (exact) mass is 382 g/mol. The van der Waals surface area contributed by atoms with Crippen LogP contribution in [0.5, 0.6) is 11.5 Å². The van der Waals surface area contributed by atoms with Crippen molar-refractivity contribution in [2.45, 2.75) is 0 Å². The number of halogens is 2. The minimum atomic E-state index is -0.416. The molecule has 0 radical (unpaired) electrons. The summed E-state index contributed by atoms with van der Waals surface area (Å²) >= 11 is 9.08. The molecular formula is C15H12BrClN2O3. The number of amides is 1. The van der Waals surface area contributed by atoms with Crippen LogP contribution in [0.1, 0.15) is 5.56 Å². The normalized spacial score (nSPS) is 10.6. The molecular weight excluding hydrogens is 372 g/mol. The number of para-hydroxylation sites is 1. The maximum atomic E-state index is 11.6. The topological polar surface area (TPSA) is 70.9 Å². The van der Waals surface area contributed by atoms with Gasteiger partial charge in [-0.1, -0.05) is 45.7 Å². The van der Waals surface area contributed by atoms with Crippen molar-refractivity contribution in [3.63, 3.8) is 0 Å². The summed E-state index contributed by atoms with van der Waals surface area (Å²) in [6.07, 6.45) is 1.30. The van der Waals surface area contributed by atoms with E-state index in [1.165, 1.54) is 6.21 Å². The Kier molecular flexibility index (Phi) is 5.80. The first-order valence-electron chi connectivity index (χ1n) is 6.24. The third kappa shape index (κ3) is 4.75. The van der Waals surface area contributed by atoms with E-state index in [1.807, 2.05) is 18.2 Å². The third-order valence-corrected chi connectivity index (χ3v) is 3.31. The van der Waals surface area contributed by atoms with Crippen molar-refractivity contribution in [2.75, 3.05) is 6.61 Å². The van der Waals surface area contributed by atoms with E-state index in [1.54, 1.807) is 24.3 Å². The summed E-state index contributed by atoms with van der Waals surface area (Å²) in [4.78, 5) is 11.6. The molecule has 0 aromatic heterocycles. The number of hydrogen-bond acceptors (Lipinski definition) is 4. The van der Waals surface area contributed by atoms with Crippen LogP contribution in [0.3, 0.4) is 0 Å². The molecule has 0 atom stereocenters. The number of nitrogens with one attached hydrogen (secondary N) is 1. The summed E-state index contributed by atoms with van der Waals surface area (Å²) in [5.41, 5.74) is 2.68. The molecule has 22 heavy (non-hydrogen) atoms. The van der Waals surface area contributed by atoms with E-state index < -0.39 is 5.91 Å². The number of phenols is 1. The number of aromatic hydroxyl groups is 1. The average molecular weight is 384 g/mol. The van der Waals surface area contributed by atoms with Crippen LogP contribution in [0.15, 0.2) is 52.0 Å². The van der Waals surface area contributed by atoms with Crippen LogP contribution in [-0.2, 0) is 4.79 Å². The molecule has 0 aliphatic carbocycles. The van der Waals surface area contributed by atoms with Gasteiger partial charge in [0.1, 0.15) is 11.5 Å². The van der Waals surface area contributed by atoms with Crippen LogP contribution < -0.4 is 10.2 Å². The highest BCUT2D eigenvalue weighted by Gasteiger charge is 2.06. The lowest BCUT2D eigenvalue weighted by molar-refractivity contribution is -0.123. The van der Waals surface area contributed by atoms with Crippen LogP contribution in [0.4, 0.5) is 0 Å². The number of rotatable bonds is 5. The van der Waals surface area contributed by atoms with Crippen molar-refractivity contribution in [3.05, 3.63) is 57.5 Å². The minimum Gasteiger partial charge on any atom is -0.506 e. The molecule has 0 saturated carbocycles. The van der Waals surface area contributed by atoms with Gasteiger partial charge < -0.3 is 9.84 Å². The minimum absolute atomic E-state index is 0.108. The first-order valence-corrected chi connectivity index (χ1v) is 7.41. The number of nitrogens with zero attached hydrogens (tertiary/aromatic N) is 1.